The van der Waals surface area contributed by atoms with E-state index < -0.39 is 0 Å². The number of carbonyl (C=O) groups is 1. The van der Waals surface area contributed by atoms with Gasteiger partial charge in [-0.15, -0.1) is 0 Å². The molecule has 1 aliphatic heterocycles. The van der Waals surface area contributed by atoms with Crippen LogP contribution in [0, 0.1) is 29.6 Å². The average Bonchev–Trinajstić information content (AvgIpc) is 2.54. The van der Waals surface area contributed by atoms with Crippen LogP contribution in [0.1, 0.15) is 27.2 Å². The summed E-state index contributed by atoms with van der Waals surface area (Å²) in [5, 5.41) is 19.9. The van der Waals surface area contributed by atoms with Crippen molar-refractivity contribution in [1.82, 2.24) is 4.98 Å². The molecule has 0 saturated carbocycles. The molecule has 7 heteroatoms. The summed E-state index contributed by atoms with van der Waals surface area (Å²) in [5.74, 6) is -0.341. The predicted octanol–water partition coefficient (Wildman–Crippen LogP) is 2.11. The molecule has 0 spiro atoms. The molecule has 0 unspecified atom stereocenters. The van der Waals surface area contributed by atoms with Crippen molar-refractivity contribution in [2.75, 3.05) is 24.3 Å². The quantitative estimate of drug-likeness (QED) is 0.583. The smallest absolute Gasteiger partial charge is 0.274 e. The van der Waals surface area contributed by atoms with E-state index in [2.05, 4.69) is 10.3 Å². The van der Waals surface area contributed by atoms with Gasteiger partial charge < -0.3 is 21.2 Å². The van der Waals surface area contributed by atoms with Crippen molar-refractivity contribution < 1.29 is 9.53 Å². The van der Waals surface area contributed by atoms with Crippen LogP contribution in [0.25, 0.3) is 0 Å². The highest BCUT2D eigenvalue weighted by Crippen LogP contribution is 2.24. The first-order valence-electron chi connectivity index (χ1n) is 7.73. The largest absolute Gasteiger partial charge is 0.398 e. The minimum Gasteiger partial charge on any atom is -0.398 e. The maximum Gasteiger partial charge on any atom is 0.274 e. The number of hydrogen-bond acceptors (Lipinski definition) is 6. The Bertz CT molecular complexity index is 897. The molecule has 4 N–H and O–H groups in total. The lowest BCUT2D eigenvalue weighted by Gasteiger charge is -2.27. The number of hydrogen-bond donors (Lipinski definition) is 3. The number of nitrogens with one attached hydrogen (secondary N) is 2. The average molecular weight is 335 g/mol. The Morgan fingerprint density at radius 2 is 2.20 bits per heavy atom. The van der Waals surface area contributed by atoms with Crippen LogP contribution < -0.4 is 11.1 Å². The molecule has 7 nitrogen and oxygen atoms in total. The Morgan fingerprint density at radius 1 is 1.44 bits per heavy atom. The van der Waals surface area contributed by atoms with E-state index in [-0.39, 0.29) is 17.5 Å². The Morgan fingerprint density at radius 3 is 2.80 bits per heavy atom. The summed E-state index contributed by atoms with van der Waals surface area (Å²) in [4.78, 5) is 16.5. The van der Waals surface area contributed by atoms with Gasteiger partial charge in [0, 0.05) is 34.8 Å². The number of anilines is 2. The number of amides is 1. The standard InChI is InChI=1S/C18H17N5O2/c1-10-4-11(6-19)7-22-17(10)18(24)23-13-2-3-15(20)14(5-13)16(21)12-8-25-9-12/h2-5,7,12,21H,8-9,20H2,1H3,(H,23,24). The molecule has 126 valence electrons. The molecule has 25 heavy (non-hydrogen) atoms. The lowest BCUT2D eigenvalue weighted by Crippen LogP contribution is -2.35. The molecule has 2 heterocycles. The Balaban J connectivity index is 1.82. The first-order chi connectivity index (χ1) is 12.0. The van der Waals surface area contributed by atoms with Crippen LogP contribution in [0.3, 0.4) is 0 Å². The summed E-state index contributed by atoms with van der Waals surface area (Å²) >= 11 is 0. The molecule has 1 saturated heterocycles. The third-order valence-corrected chi connectivity index (χ3v) is 4.07. The fourth-order valence-corrected chi connectivity index (χ4v) is 2.55. The third kappa shape index (κ3) is 3.34. The van der Waals surface area contributed by atoms with Crippen molar-refractivity contribution >= 4 is 23.0 Å². The number of aromatic nitrogens is 1. The topological polar surface area (TPSA) is 125 Å². The summed E-state index contributed by atoms with van der Waals surface area (Å²) in [6.07, 6.45) is 1.36. The minimum atomic E-state index is -0.379. The van der Waals surface area contributed by atoms with Crippen molar-refractivity contribution in [2.24, 2.45) is 5.92 Å². The molecule has 0 atom stereocenters. The Kier molecular flexibility index (Phi) is 4.46. The highest BCUT2D eigenvalue weighted by Gasteiger charge is 2.25. The molecule has 0 bridgehead atoms. The molecule has 1 aliphatic rings. The number of nitrogens with zero attached hydrogens (tertiary/aromatic N) is 2. The highest BCUT2D eigenvalue weighted by atomic mass is 16.5. The van der Waals surface area contributed by atoms with Crippen LogP contribution in [-0.2, 0) is 4.74 Å². The van der Waals surface area contributed by atoms with Crippen molar-refractivity contribution in [3.05, 3.63) is 52.8 Å². The monoisotopic (exact) mass is 335 g/mol. The maximum atomic E-state index is 12.4. The van der Waals surface area contributed by atoms with Gasteiger partial charge in [0.1, 0.15) is 11.8 Å². The molecule has 3 rings (SSSR count). The Labute approximate surface area is 144 Å². The van der Waals surface area contributed by atoms with E-state index in [0.29, 0.717) is 47.0 Å². The molecular formula is C18H17N5O2. The predicted molar refractivity (Wildman–Crippen MR) is 93.6 cm³/mol. The highest BCUT2D eigenvalue weighted by molar-refractivity contribution is 6.08. The number of benzene rings is 1. The summed E-state index contributed by atoms with van der Waals surface area (Å²) in [7, 11) is 0. The molecule has 1 aromatic heterocycles. The van der Waals surface area contributed by atoms with Gasteiger partial charge in [-0.25, -0.2) is 4.98 Å². The van der Waals surface area contributed by atoms with Gasteiger partial charge in [0.25, 0.3) is 5.91 Å². The van der Waals surface area contributed by atoms with Crippen LogP contribution in [0.4, 0.5) is 11.4 Å². The fourth-order valence-electron chi connectivity index (χ4n) is 2.55. The molecular weight excluding hydrogens is 318 g/mol. The second kappa shape index (κ2) is 6.71. The molecule has 1 fully saturated rings. The number of nitriles is 1. The van der Waals surface area contributed by atoms with E-state index in [1.54, 1.807) is 31.2 Å². The molecule has 1 aromatic carbocycles. The van der Waals surface area contributed by atoms with Gasteiger partial charge in [-0.3, -0.25) is 4.79 Å². The normalized spacial score (nSPS) is 13.6. The van der Waals surface area contributed by atoms with Crippen LogP contribution in [0.2, 0.25) is 0 Å². The molecule has 1 amide bonds. The van der Waals surface area contributed by atoms with Gasteiger partial charge in [-0.1, -0.05) is 0 Å². The fraction of sp³-hybridized carbons (Fsp3) is 0.222. The molecule has 0 aliphatic carbocycles. The lowest BCUT2D eigenvalue weighted by atomic mass is 9.94. The van der Waals surface area contributed by atoms with E-state index in [9.17, 15) is 4.79 Å². The van der Waals surface area contributed by atoms with Crippen LogP contribution in [0.15, 0.2) is 30.5 Å². The number of nitrogen functional groups attached to an aromatic ring is 1. The summed E-state index contributed by atoms with van der Waals surface area (Å²) < 4.78 is 5.12. The van der Waals surface area contributed by atoms with Gasteiger partial charge in [-0.2, -0.15) is 5.26 Å². The van der Waals surface area contributed by atoms with E-state index in [4.69, 9.17) is 21.1 Å². The van der Waals surface area contributed by atoms with E-state index in [1.807, 2.05) is 6.07 Å². The van der Waals surface area contributed by atoms with Crippen molar-refractivity contribution in [2.45, 2.75) is 6.92 Å². The number of nitrogens with two attached hydrogens (primary N) is 1. The second-order valence-corrected chi connectivity index (χ2v) is 5.91. The zero-order valence-corrected chi connectivity index (χ0v) is 13.7. The van der Waals surface area contributed by atoms with E-state index >= 15 is 0 Å². The SMILES string of the molecule is Cc1cc(C#N)cnc1C(=O)Nc1ccc(N)c(C(=N)C2COC2)c1. The van der Waals surface area contributed by atoms with Crippen molar-refractivity contribution in [3.8, 4) is 6.07 Å². The first-order valence-corrected chi connectivity index (χ1v) is 7.73. The van der Waals surface area contributed by atoms with Gasteiger partial charge in [-0.05, 0) is 36.8 Å². The summed E-state index contributed by atoms with van der Waals surface area (Å²) in [6, 6.07) is 8.64. The van der Waals surface area contributed by atoms with E-state index in [0.717, 1.165) is 0 Å². The van der Waals surface area contributed by atoms with Gasteiger partial charge in [0.2, 0.25) is 0 Å². The van der Waals surface area contributed by atoms with Gasteiger partial charge >= 0.3 is 0 Å². The van der Waals surface area contributed by atoms with Crippen LogP contribution >= 0.6 is 0 Å². The third-order valence-electron chi connectivity index (χ3n) is 4.07. The maximum absolute atomic E-state index is 12.4. The zero-order chi connectivity index (χ0) is 18.0. The second-order valence-electron chi connectivity index (χ2n) is 5.91. The zero-order valence-electron chi connectivity index (χ0n) is 13.7. The van der Waals surface area contributed by atoms with Gasteiger partial charge in [0.15, 0.2) is 0 Å². The van der Waals surface area contributed by atoms with Crippen LogP contribution in [-0.4, -0.2) is 29.8 Å². The van der Waals surface area contributed by atoms with E-state index in [1.165, 1.54) is 6.20 Å². The van der Waals surface area contributed by atoms with Crippen molar-refractivity contribution in [1.29, 1.82) is 10.7 Å². The van der Waals surface area contributed by atoms with Crippen LogP contribution in [0.5, 0.6) is 0 Å². The number of ether oxygens (including phenoxy) is 1. The Hall–Kier alpha value is -3.24. The lowest BCUT2D eigenvalue weighted by molar-refractivity contribution is 0.00184. The summed E-state index contributed by atoms with van der Waals surface area (Å²) in [6.45, 7) is 2.76. The first kappa shape index (κ1) is 16.6. The van der Waals surface area contributed by atoms with Crippen molar-refractivity contribution in [3.63, 3.8) is 0 Å². The van der Waals surface area contributed by atoms with Gasteiger partial charge in [0.05, 0.1) is 18.8 Å². The molecule has 0 radical (unpaired) electrons. The minimum absolute atomic E-state index is 0.0377. The number of carbonyl (C=O) groups excluding carboxylic acids is 1. The summed E-state index contributed by atoms with van der Waals surface area (Å²) in [5.41, 5.74) is 9.26. The molecule has 2 aromatic rings. The number of aryl methyl sites for hydroxylation is 1. The number of pyridine rings is 1. The number of rotatable bonds is 4.